The van der Waals surface area contributed by atoms with E-state index in [0.717, 1.165) is 19.6 Å². The standard InChI is InChI=1S/C72H84N5O20P/c1-37(2)34-76-26-28-77(29-27-76)49-32-52(80)59-53(33-49)95-68-60(74-59)56-57-63(84)44(9)67-58(56)69(86)72(11,97-67)93-30-25-38(3)41(6)66(94-45(10)79)43(8)62(83)42(7)65(39(4)15-14-16-40(5)70(87)75-61(68)64(57)85)96-71(88)51-18-13-12-17-47(51)36-92-55(82)24-23-54(81)73-48-21-19-46(20-22-48)31-50(35-78)98(89,90)91/h12-22,25,30,32-33,35,37-39,41-43,50,62,65-66,80,83-84H,23-24,26-29,31,34,36H2,1-11H3,(H,73,81)(H,75,87)(H2,89,90,91)/b15-14+,30-25+,40-16-/t38-,39-,41+,42-,43+,50?,62+,65-,66+,72-/m0/s1. The maximum atomic E-state index is 15.2. The lowest BCUT2D eigenvalue weighted by Gasteiger charge is -2.38. The molecule has 0 radical (unpaired) electrons. The van der Waals surface area contributed by atoms with E-state index < -0.39 is 131 Å². The van der Waals surface area contributed by atoms with Gasteiger partial charge in [0.05, 0.1) is 35.3 Å². The molecule has 4 aromatic carbocycles. The summed E-state index contributed by atoms with van der Waals surface area (Å²) in [5.41, 5.74) is -1.67. The number of phenolic OH excluding ortho intramolecular Hbond substituents is 2. The number of esters is 3. The number of aldehydes is 1. The van der Waals surface area contributed by atoms with E-state index in [1.807, 2.05) is 0 Å². The Balaban J connectivity index is 1.03. The molecule has 0 saturated carbocycles. The Kier molecular flexibility index (Phi) is 22.5. The first kappa shape index (κ1) is 73.0. The second-order valence-corrected chi connectivity index (χ2v) is 28.2. The summed E-state index contributed by atoms with van der Waals surface area (Å²) < 4.78 is 48.6. The summed E-state index contributed by atoms with van der Waals surface area (Å²) in [5, 5.41) is 41.1. The van der Waals surface area contributed by atoms with E-state index in [9.17, 15) is 58.4 Å². The number of nitrogens with zero attached hydrogens (tertiary/aromatic N) is 3. The highest BCUT2D eigenvalue weighted by Crippen LogP contribution is 2.51. The van der Waals surface area contributed by atoms with E-state index >= 15 is 9.59 Å². The number of aromatic hydroxyl groups is 2. The Hall–Kier alpha value is -9.26. The first-order chi connectivity index (χ1) is 46.3. The highest BCUT2D eigenvalue weighted by atomic mass is 31.2. The number of Topliss-reactive ketones (excluding diaryl/α,β-unsaturated/α-hetero) is 1. The number of ketones is 1. The van der Waals surface area contributed by atoms with Gasteiger partial charge in [-0.15, -0.1) is 0 Å². The van der Waals surface area contributed by atoms with Crippen molar-refractivity contribution >= 4 is 88.3 Å². The molecule has 10 atom stereocenters. The van der Waals surface area contributed by atoms with Crippen molar-refractivity contribution in [2.45, 2.75) is 132 Å². The van der Waals surface area contributed by atoms with Crippen molar-refractivity contribution < 1.29 is 91.3 Å². The van der Waals surface area contributed by atoms with Crippen LogP contribution in [0.1, 0.15) is 119 Å². The molecule has 0 spiro atoms. The van der Waals surface area contributed by atoms with Crippen LogP contribution < -0.4 is 25.7 Å². The average molecular weight is 1370 g/mol. The van der Waals surface area contributed by atoms with E-state index in [2.05, 4.69) is 34.3 Å². The SMILES string of the molecule is CC(=O)O[C@H]1[C@H](C)[C@H](O)[C@H](C)[C@@H](OC(=O)c2ccccc2COC(=O)CCC(=O)Nc2ccc(CC(C=O)P(=O)(O)O)cc2)[C@@H](C)/C=C/C=C(/C)C(=O)Nc2c3oc4cc(N5CCN(CC(C)C)CC5)cc(O)c4nc-3c3c4c(c(C)c(O)c3c2=O)O[C@](C)(O/C=C/[C@H](C)[C@H]1C)C4=O. The number of phenols is 2. The largest absolute Gasteiger partial charge is 0.507 e. The second kappa shape index (κ2) is 30.2. The van der Waals surface area contributed by atoms with Gasteiger partial charge in [-0.1, -0.05) is 97.0 Å². The van der Waals surface area contributed by atoms with Crippen LogP contribution in [0.5, 0.6) is 17.2 Å². The molecule has 1 aliphatic carbocycles. The van der Waals surface area contributed by atoms with Gasteiger partial charge in [0.2, 0.25) is 11.3 Å². The molecule has 98 heavy (non-hydrogen) atoms. The van der Waals surface area contributed by atoms with Gasteiger partial charge in [0.15, 0.2) is 11.3 Å². The predicted molar refractivity (Wildman–Crippen MR) is 364 cm³/mol. The number of hydrogen-bond acceptors (Lipinski definition) is 21. The number of ether oxygens (including phenoxy) is 5. The number of piperazine rings is 1. The number of aliphatic hydroxyl groups is 1. The smallest absolute Gasteiger partial charge is 0.338 e. The van der Waals surface area contributed by atoms with Crippen molar-refractivity contribution in [2.75, 3.05) is 48.3 Å². The molecule has 522 valence electrons. The fourth-order valence-corrected chi connectivity index (χ4v) is 13.4. The van der Waals surface area contributed by atoms with Crippen molar-refractivity contribution in [3.63, 3.8) is 0 Å². The molecule has 1 fully saturated rings. The fourth-order valence-electron chi connectivity index (χ4n) is 12.7. The summed E-state index contributed by atoms with van der Waals surface area (Å²) in [5.74, 6) is -11.0. The van der Waals surface area contributed by atoms with Crippen LogP contribution in [0.2, 0.25) is 0 Å². The van der Waals surface area contributed by atoms with Crippen molar-refractivity contribution in [1.82, 2.24) is 9.88 Å². The Morgan fingerprint density at radius 1 is 0.878 bits per heavy atom. The molecule has 5 aliphatic heterocycles. The van der Waals surface area contributed by atoms with E-state index in [0.29, 0.717) is 35.9 Å². The number of nitrogens with one attached hydrogen (secondary N) is 2. The molecule has 1 saturated heterocycles. The highest BCUT2D eigenvalue weighted by molar-refractivity contribution is 7.53. The first-order valence-electron chi connectivity index (χ1n) is 32.5. The molecule has 6 aliphatic rings. The minimum atomic E-state index is -4.67. The number of amides is 2. The lowest BCUT2D eigenvalue weighted by molar-refractivity contribution is -0.158. The summed E-state index contributed by atoms with van der Waals surface area (Å²) in [6.45, 7) is 21.8. The third-order valence-corrected chi connectivity index (χ3v) is 19.7. The summed E-state index contributed by atoms with van der Waals surface area (Å²) in [4.78, 5) is 138. The molecule has 26 heteroatoms. The number of carbonyl (C=O) groups is 7. The molecule has 0 aromatic heterocycles. The number of anilines is 3. The number of aliphatic hydroxyl groups excluding tert-OH is 1. The number of carbonyl (C=O) groups excluding carboxylic acids is 7. The number of aromatic nitrogens is 1. The Morgan fingerprint density at radius 2 is 1.56 bits per heavy atom. The van der Waals surface area contributed by atoms with Gasteiger partial charge in [0.1, 0.15) is 64.9 Å². The molecule has 7 N–H and O–H groups in total. The quantitative estimate of drug-likeness (QED) is 0.0118. The van der Waals surface area contributed by atoms with E-state index in [1.165, 1.54) is 76.4 Å². The summed E-state index contributed by atoms with van der Waals surface area (Å²) >= 11 is 0. The number of fused-ring (bicyclic) bond motifs is 14. The normalized spacial score (nSPS) is 24.3. The zero-order valence-corrected chi connectivity index (χ0v) is 57.4. The van der Waals surface area contributed by atoms with Gasteiger partial charge in [-0.2, -0.15) is 0 Å². The molecule has 10 rings (SSSR count). The molecule has 5 heterocycles. The van der Waals surface area contributed by atoms with Crippen LogP contribution in [0.25, 0.3) is 33.3 Å². The zero-order valence-electron chi connectivity index (χ0n) is 56.5. The molecule has 1 unspecified atom stereocenters. The van der Waals surface area contributed by atoms with Gasteiger partial charge in [-0.3, -0.25) is 38.2 Å². The van der Waals surface area contributed by atoms with Gasteiger partial charge >= 0.3 is 31.3 Å². The van der Waals surface area contributed by atoms with E-state index in [4.69, 9.17) is 33.1 Å². The van der Waals surface area contributed by atoms with E-state index in [-0.39, 0.29) is 92.8 Å². The van der Waals surface area contributed by atoms with Gasteiger partial charge in [0, 0.05) is 116 Å². The maximum absolute atomic E-state index is 15.2. The summed E-state index contributed by atoms with van der Waals surface area (Å²) in [6.07, 6.45) is 3.27. The maximum Gasteiger partial charge on any atom is 0.338 e. The number of allylic oxidation sites excluding steroid dienone is 3. The van der Waals surface area contributed by atoms with Gasteiger partial charge < -0.3 is 73.5 Å². The third-order valence-electron chi connectivity index (χ3n) is 18.6. The topological polar surface area (TPSA) is 358 Å². The van der Waals surface area contributed by atoms with Crippen LogP contribution in [0.3, 0.4) is 0 Å². The van der Waals surface area contributed by atoms with Crippen LogP contribution >= 0.6 is 7.60 Å². The van der Waals surface area contributed by atoms with Crippen molar-refractivity contribution in [3.05, 3.63) is 135 Å². The Morgan fingerprint density at radius 3 is 2.22 bits per heavy atom. The summed E-state index contributed by atoms with van der Waals surface area (Å²) in [6, 6.07) is 15.4. The van der Waals surface area contributed by atoms with Crippen molar-refractivity contribution in [3.8, 4) is 28.7 Å². The lowest BCUT2D eigenvalue weighted by Crippen LogP contribution is -2.47. The molecular weight excluding hydrogens is 1290 g/mol. The second-order valence-electron chi connectivity index (χ2n) is 26.3. The Bertz CT molecular complexity index is 4240. The van der Waals surface area contributed by atoms with Gasteiger partial charge in [0.25, 0.3) is 11.7 Å². The van der Waals surface area contributed by atoms with Crippen LogP contribution in [-0.2, 0) is 60.5 Å². The predicted octanol–water partition coefficient (Wildman–Crippen LogP) is 9.67. The number of rotatable bonds is 16. The van der Waals surface area contributed by atoms with Crippen LogP contribution in [0.15, 0.2) is 106 Å². The number of hydrogen-bond donors (Lipinski definition) is 7. The molecule has 25 nitrogen and oxygen atoms in total. The molecule has 2 amide bonds. The van der Waals surface area contributed by atoms with Gasteiger partial charge in [-0.05, 0) is 67.9 Å². The van der Waals surface area contributed by atoms with Gasteiger partial charge in [-0.25, -0.2) is 9.78 Å². The van der Waals surface area contributed by atoms with E-state index in [1.54, 1.807) is 77.1 Å². The fraction of sp³-hybridized carbons (Fsp3) is 0.431. The highest BCUT2D eigenvalue weighted by Gasteiger charge is 2.50. The molecular formula is C72H84N5O20P. The lowest BCUT2D eigenvalue weighted by atomic mass is 9.76. The first-order valence-corrected chi connectivity index (χ1v) is 34.2. The molecule has 4 aromatic rings. The zero-order chi connectivity index (χ0) is 71.4. The average Bonchev–Trinajstić information content (AvgIpc) is 1.39. The van der Waals surface area contributed by atoms with Crippen molar-refractivity contribution in [2.24, 2.45) is 35.5 Å². The minimum Gasteiger partial charge on any atom is -0.507 e. The minimum absolute atomic E-state index is 0.000634. The number of benzene rings is 5. The monoisotopic (exact) mass is 1370 g/mol. The Labute approximate surface area is 566 Å². The summed E-state index contributed by atoms with van der Waals surface area (Å²) in [7, 11) is -4.67. The van der Waals surface area contributed by atoms with Crippen molar-refractivity contribution in [1.29, 1.82) is 0 Å². The van der Waals surface area contributed by atoms with Crippen LogP contribution in [0, 0.1) is 42.4 Å². The van der Waals surface area contributed by atoms with Crippen LogP contribution in [-0.4, -0.2) is 139 Å². The third kappa shape index (κ3) is 16.0. The molecule has 5 bridgehead atoms. The van der Waals surface area contributed by atoms with Crippen LogP contribution in [0.4, 0.5) is 17.1 Å².